The third-order valence-corrected chi connectivity index (χ3v) is 2.22. The maximum Gasteiger partial charge on any atom is 0.0811 e. The van der Waals surface area contributed by atoms with E-state index in [2.05, 4.69) is 27.7 Å². The molecule has 12 heavy (non-hydrogen) atoms. The molecule has 0 aliphatic heterocycles. The topological polar surface area (TPSA) is 33.1 Å². The number of rotatable bonds is 6. The zero-order chi connectivity index (χ0) is 9.56. The second-order valence-corrected chi connectivity index (χ2v) is 3.89. The summed E-state index contributed by atoms with van der Waals surface area (Å²) in [5.41, 5.74) is 0. The molecule has 0 bridgehead atoms. The standard InChI is InChI=1S/C10H21NO/c1-8(2)10(9(3)4)7-12-6-5-11/h5,8-11H,6-7H2,1-4H3. The molecule has 0 fully saturated rings. The van der Waals surface area contributed by atoms with Gasteiger partial charge >= 0.3 is 0 Å². The molecule has 0 aromatic rings. The predicted molar refractivity (Wildman–Crippen MR) is 52.8 cm³/mol. The molecule has 0 saturated carbocycles. The molecule has 1 N–H and O–H groups in total. The van der Waals surface area contributed by atoms with Crippen LogP contribution in [0.1, 0.15) is 27.7 Å². The Morgan fingerprint density at radius 2 is 1.67 bits per heavy atom. The number of ether oxygens (including phenoxy) is 1. The van der Waals surface area contributed by atoms with Gasteiger partial charge in [-0.25, -0.2) is 0 Å². The van der Waals surface area contributed by atoms with Crippen molar-refractivity contribution >= 4 is 6.21 Å². The average Bonchev–Trinajstić information content (AvgIpc) is 1.96. The van der Waals surface area contributed by atoms with E-state index in [4.69, 9.17) is 10.1 Å². The summed E-state index contributed by atoms with van der Waals surface area (Å²) in [6.07, 6.45) is 1.30. The summed E-state index contributed by atoms with van der Waals surface area (Å²) >= 11 is 0. The molecule has 0 rings (SSSR count). The molecular formula is C10H21NO. The first-order chi connectivity index (χ1) is 5.59. The maximum atomic E-state index is 6.81. The van der Waals surface area contributed by atoms with Gasteiger partial charge in [-0.15, -0.1) is 0 Å². The molecule has 0 amide bonds. The highest BCUT2D eigenvalue weighted by Gasteiger charge is 2.16. The first-order valence-electron chi connectivity index (χ1n) is 4.66. The third-order valence-electron chi connectivity index (χ3n) is 2.22. The quantitative estimate of drug-likeness (QED) is 0.483. The van der Waals surface area contributed by atoms with Crippen molar-refractivity contribution in [1.29, 1.82) is 5.41 Å². The van der Waals surface area contributed by atoms with Crippen LogP contribution in [0.5, 0.6) is 0 Å². The van der Waals surface area contributed by atoms with Gasteiger partial charge in [0.25, 0.3) is 0 Å². The van der Waals surface area contributed by atoms with Crippen LogP contribution in [0.4, 0.5) is 0 Å². The zero-order valence-corrected chi connectivity index (χ0v) is 8.63. The SMILES string of the molecule is CC(C)C(COCC=N)C(C)C. The van der Waals surface area contributed by atoms with Gasteiger partial charge in [0.15, 0.2) is 0 Å². The van der Waals surface area contributed by atoms with Crippen LogP contribution in [0.2, 0.25) is 0 Å². The molecule has 0 radical (unpaired) electrons. The van der Waals surface area contributed by atoms with Gasteiger partial charge < -0.3 is 10.1 Å². The summed E-state index contributed by atoms with van der Waals surface area (Å²) in [6.45, 7) is 10.1. The highest BCUT2D eigenvalue weighted by molar-refractivity contribution is 5.53. The largest absolute Gasteiger partial charge is 0.376 e. The van der Waals surface area contributed by atoms with Crippen LogP contribution in [-0.4, -0.2) is 19.4 Å². The van der Waals surface area contributed by atoms with Crippen LogP contribution >= 0.6 is 0 Å². The average molecular weight is 171 g/mol. The molecule has 0 atom stereocenters. The van der Waals surface area contributed by atoms with Gasteiger partial charge in [0.05, 0.1) is 13.2 Å². The fourth-order valence-electron chi connectivity index (χ4n) is 1.42. The highest BCUT2D eigenvalue weighted by atomic mass is 16.5. The normalized spacial score (nSPS) is 11.6. The Hall–Kier alpha value is -0.370. The third kappa shape index (κ3) is 4.50. The van der Waals surface area contributed by atoms with Crippen LogP contribution in [-0.2, 0) is 4.74 Å². The van der Waals surface area contributed by atoms with Crippen molar-refractivity contribution in [3.8, 4) is 0 Å². The number of hydrogen-bond acceptors (Lipinski definition) is 2. The van der Waals surface area contributed by atoms with Crippen LogP contribution in [0, 0.1) is 23.2 Å². The Morgan fingerprint density at radius 3 is 2.00 bits per heavy atom. The monoisotopic (exact) mass is 171 g/mol. The van der Waals surface area contributed by atoms with E-state index >= 15 is 0 Å². The Labute approximate surface area is 75.8 Å². The van der Waals surface area contributed by atoms with Crippen molar-refractivity contribution in [3.63, 3.8) is 0 Å². The highest BCUT2D eigenvalue weighted by Crippen LogP contribution is 2.20. The van der Waals surface area contributed by atoms with Crippen LogP contribution in [0.15, 0.2) is 0 Å². The van der Waals surface area contributed by atoms with Gasteiger partial charge in [0.1, 0.15) is 0 Å². The van der Waals surface area contributed by atoms with E-state index in [0.29, 0.717) is 24.4 Å². The Morgan fingerprint density at radius 1 is 1.17 bits per heavy atom. The molecule has 0 aliphatic carbocycles. The fourth-order valence-corrected chi connectivity index (χ4v) is 1.42. The van der Waals surface area contributed by atoms with Crippen LogP contribution < -0.4 is 0 Å². The van der Waals surface area contributed by atoms with Gasteiger partial charge in [-0.2, -0.15) is 0 Å². The first kappa shape index (κ1) is 11.6. The Bertz CT molecular complexity index is 113. The first-order valence-corrected chi connectivity index (χ1v) is 4.66. The summed E-state index contributed by atoms with van der Waals surface area (Å²) < 4.78 is 5.32. The lowest BCUT2D eigenvalue weighted by Crippen LogP contribution is -2.22. The molecular weight excluding hydrogens is 150 g/mol. The van der Waals surface area contributed by atoms with Crippen molar-refractivity contribution in [2.45, 2.75) is 27.7 Å². The van der Waals surface area contributed by atoms with E-state index in [0.717, 1.165) is 6.61 Å². The van der Waals surface area contributed by atoms with Gasteiger partial charge in [-0.1, -0.05) is 27.7 Å². The van der Waals surface area contributed by atoms with E-state index in [1.807, 2.05) is 0 Å². The van der Waals surface area contributed by atoms with E-state index in [1.165, 1.54) is 6.21 Å². The van der Waals surface area contributed by atoms with Crippen molar-refractivity contribution in [2.24, 2.45) is 17.8 Å². The molecule has 0 spiro atoms. The smallest absolute Gasteiger partial charge is 0.0811 e. The Kier molecular flexibility index (Phi) is 5.99. The second-order valence-electron chi connectivity index (χ2n) is 3.89. The summed E-state index contributed by atoms with van der Waals surface area (Å²) in [5, 5.41) is 6.81. The molecule has 0 heterocycles. The summed E-state index contributed by atoms with van der Waals surface area (Å²) in [5.74, 6) is 1.94. The number of hydrogen-bond donors (Lipinski definition) is 1. The summed E-state index contributed by atoms with van der Waals surface area (Å²) in [7, 11) is 0. The molecule has 2 nitrogen and oxygen atoms in total. The minimum atomic E-state index is 0.454. The predicted octanol–water partition coefficient (Wildman–Crippen LogP) is 2.58. The van der Waals surface area contributed by atoms with Crippen LogP contribution in [0.25, 0.3) is 0 Å². The van der Waals surface area contributed by atoms with E-state index in [9.17, 15) is 0 Å². The lowest BCUT2D eigenvalue weighted by molar-refractivity contribution is 0.0877. The lowest BCUT2D eigenvalue weighted by atomic mass is 9.86. The summed E-state index contributed by atoms with van der Waals surface area (Å²) in [4.78, 5) is 0. The Balaban J connectivity index is 3.71. The second kappa shape index (κ2) is 6.18. The van der Waals surface area contributed by atoms with Crippen molar-refractivity contribution in [1.82, 2.24) is 0 Å². The molecule has 0 aromatic carbocycles. The van der Waals surface area contributed by atoms with E-state index < -0.39 is 0 Å². The number of nitrogens with one attached hydrogen (secondary N) is 1. The van der Waals surface area contributed by atoms with Gasteiger partial charge in [-0.3, -0.25) is 0 Å². The molecule has 0 aliphatic rings. The molecule has 0 aromatic heterocycles. The van der Waals surface area contributed by atoms with Gasteiger partial charge in [-0.05, 0) is 17.8 Å². The molecule has 0 saturated heterocycles. The summed E-state index contributed by atoms with van der Waals surface area (Å²) in [6, 6.07) is 0. The zero-order valence-electron chi connectivity index (χ0n) is 8.63. The minimum absolute atomic E-state index is 0.454. The lowest BCUT2D eigenvalue weighted by Gasteiger charge is -2.24. The van der Waals surface area contributed by atoms with Gasteiger partial charge in [0.2, 0.25) is 0 Å². The van der Waals surface area contributed by atoms with E-state index in [-0.39, 0.29) is 0 Å². The van der Waals surface area contributed by atoms with Crippen molar-refractivity contribution in [3.05, 3.63) is 0 Å². The minimum Gasteiger partial charge on any atom is -0.376 e. The van der Waals surface area contributed by atoms with Crippen LogP contribution in [0.3, 0.4) is 0 Å². The maximum absolute atomic E-state index is 6.81. The van der Waals surface area contributed by atoms with Crippen molar-refractivity contribution in [2.75, 3.05) is 13.2 Å². The van der Waals surface area contributed by atoms with Gasteiger partial charge in [0, 0.05) is 6.21 Å². The van der Waals surface area contributed by atoms with Crippen molar-refractivity contribution < 1.29 is 4.74 Å². The fraction of sp³-hybridized carbons (Fsp3) is 0.900. The molecule has 72 valence electrons. The molecule has 0 unspecified atom stereocenters. The van der Waals surface area contributed by atoms with E-state index in [1.54, 1.807) is 0 Å². The molecule has 2 heteroatoms.